The average Bonchev–Trinajstić information content (AvgIpc) is 3.17. The summed E-state index contributed by atoms with van der Waals surface area (Å²) in [7, 11) is 1.40. The lowest BCUT2D eigenvalue weighted by molar-refractivity contribution is -0.385. The molecule has 0 aliphatic rings. The van der Waals surface area contributed by atoms with Crippen LogP contribution in [0.2, 0.25) is 0 Å². The molecule has 148 valence electrons. The van der Waals surface area contributed by atoms with Crippen molar-refractivity contribution in [3.8, 4) is 0 Å². The maximum atomic E-state index is 12.0. The number of aryl methyl sites for hydroxylation is 1. The fourth-order valence-electron chi connectivity index (χ4n) is 2.27. The number of hydrogen-bond acceptors (Lipinski definition) is 7. The summed E-state index contributed by atoms with van der Waals surface area (Å²) >= 11 is 0. The van der Waals surface area contributed by atoms with Crippen molar-refractivity contribution in [2.75, 3.05) is 20.2 Å². The van der Waals surface area contributed by atoms with E-state index in [4.69, 9.17) is 9.15 Å². The molecule has 0 atom stereocenters. The molecule has 1 N–H and O–H groups in total. The number of likely N-dealkylation sites (N-methyl/N-ethyl adjacent to an activating group) is 1. The summed E-state index contributed by atoms with van der Waals surface area (Å²) < 4.78 is 10.0. The predicted octanol–water partition coefficient (Wildman–Crippen LogP) is 1.43. The van der Waals surface area contributed by atoms with E-state index < -0.39 is 29.3 Å². The van der Waals surface area contributed by atoms with Gasteiger partial charge in [-0.2, -0.15) is 0 Å². The van der Waals surface area contributed by atoms with Crippen molar-refractivity contribution >= 4 is 23.5 Å². The predicted molar refractivity (Wildman–Crippen MR) is 96.3 cm³/mol. The van der Waals surface area contributed by atoms with E-state index in [1.807, 2.05) is 0 Å². The number of nitrogens with one attached hydrogen (secondary N) is 1. The summed E-state index contributed by atoms with van der Waals surface area (Å²) in [6.07, 6.45) is 1.48. The maximum absolute atomic E-state index is 12.0. The van der Waals surface area contributed by atoms with Crippen LogP contribution in [0, 0.1) is 17.0 Å². The van der Waals surface area contributed by atoms with E-state index in [2.05, 4.69) is 5.32 Å². The SMILES string of the molecule is Cc1cc(C(=O)OCC(=O)N(C)CC(=O)NCc2ccco2)ccc1[N+](=O)[O-]. The number of ether oxygens (including phenoxy) is 1. The Morgan fingerprint density at radius 1 is 1.29 bits per heavy atom. The Labute approximate surface area is 160 Å². The zero-order valence-corrected chi connectivity index (χ0v) is 15.3. The summed E-state index contributed by atoms with van der Waals surface area (Å²) in [6, 6.07) is 7.16. The van der Waals surface area contributed by atoms with Gasteiger partial charge < -0.3 is 19.4 Å². The van der Waals surface area contributed by atoms with Crippen molar-refractivity contribution in [2.45, 2.75) is 13.5 Å². The van der Waals surface area contributed by atoms with E-state index in [0.29, 0.717) is 11.3 Å². The van der Waals surface area contributed by atoms with Gasteiger partial charge in [-0.15, -0.1) is 0 Å². The molecule has 2 rings (SSSR count). The first-order chi connectivity index (χ1) is 13.3. The second kappa shape index (κ2) is 9.31. The van der Waals surface area contributed by atoms with Gasteiger partial charge in [0.15, 0.2) is 6.61 Å². The lowest BCUT2D eigenvalue weighted by atomic mass is 10.1. The minimum atomic E-state index is -0.790. The molecule has 10 heteroatoms. The van der Waals surface area contributed by atoms with Crippen molar-refractivity contribution in [2.24, 2.45) is 0 Å². The fraction of sp³-hybridized carbons (Fsp3) is 0.278. The topological polar surface area (TPSA) is 132 Å². The molecule has 0 saturated heterocycles. The molecule has 0 spiro atoms. The number of nitro groups is 1. The first kappa shape index (κ1) is 20.6. The summed E-state index contributed by atoms with van der Waals surface area (Å²) in [6.45, 7) is 0.919. The Hall–Kier alpha value is -3.69. The van der Waals surface area contributed by atoms with Crippen LogP contribution >= 0.6 is 0 Å². The second-order valence-electron chi connectivity index (χ2n) is 5.94. The van der Waals surface area contributed by atoms with Gasteiger partial charge in [0.25, 0.3) is 11.6 Å². The van der Waals surface area contributed by atoms with Gasteiger partial charge in [0.2, 0.25) is 5.91 Å². The average molecular weight is 389 g/mol. The lowest BCUT2D eigenvalue weighted by Gasteiger charge is -2.16. The standard InChI is InChI=1S/C18H19N3O7/c1-12-8-13(5-6-15(12)21(25)26)18(24)28-11-17(23)20(2)10-16(22)19-9-14-4-3-7-27-14/h3-8H,9-11H2,1-2H3,(H,19,22). The van der Waals surface area contributed by atoms with Crippen LogP contribution in [0.25, 0.3) is 0 Å². The number of nitrogens with zero attached hydrogens (tertiary/aromatic N) is 2. The van der Waals surface area contributed by atoms with Crippen LogP contribution in [-0.2, 0) is 20.9 Å². The highest BCUT2D eigenvalue weighted by Gasteiger charge is 2.18. The minimum absolute atomic E-state index is 0.0924. The molecule has 1 heterocycles. The third-order valence-corrected chi connectivity index (χ3v) is 3.80. The van der Waals surface area contributed by atoms with Crippen molar-refractivity contribution in [1.82, 2.24) is 10.2 Å². The minimum Gasteiger partial charge on any atom is -0.467 e. The molecule has 0 bridgehead atoms. The first-order valence-electron chi connectivity index (χ1n) is 8.23. The Morgan fingerprint density at radius 2 is 2.04 bits per heavy atom. The normalized spacial score (nSPS) is 10.2. The molecule has 0 unspecified atom stereocenters. The number of rotatable bonds is 8. The molecule has 2 amide bonds. The van der Waals surface area contributed by atoms with E-state index in [1.54, 1.807) is 12.1 Å². The van der Waals surface area contributed by atoms with Crippen molar-refractivity contribution in [3.63, 3.8) is 0 Å². The molecule has 10 nitrogen and oxygen atoms in total. The number of nitro benzene ring substituents is 1. The summed E-state index contributed by atoms with van der Waals surface area (Å²) in [5, 5.41) is 13.4. The van der Waals surface area contributed by atoms with Gasteiger partial charge >= 0.3 is 5.97 Å². The molecule has 1 aromatic carbocycles. The quantitative estimate of drug-likeness (QED) is 0.410. The molecule has 2 aromatic rings. The first-order valence-corrected chi connectivity index (χ1v) is 8.23. The number of furan rings is 1. The van der Waals surface area contributed by atoms with Crippen LogP contribution in [0.3, 0.4) is 0 Å². The number of benzene rings is 1. The van der Waals surface area contributed by atoms with E-state index in [0.717, 1.165) is 4.90 Å². The Morgan fingerprint density at radius 3 is 2.64 bits per heavy atom. The number of amides is 2. The van der Waals surface area contributed by atoms with Gasteiger partial charge in [-0.05, 0) is 31.2 Å². The highest BCUT2D eigenvalue weighted by atomic mass is 16.6. The second-order valence-corrected chi connectivity index (χ2v) is 5.94. The molecule has 0 saturated carbocycles. The molecule has 0 radical (unpaired) electrons. The van der Waals surface area contributed by atoms with E-state index in [-0.39, 0.29) is 24.3 Å². The zero-order valence-electron chi connectivity index (χ0n) is 15.3. The Bertz CT molecular complexity index is 877. The van der Waals surface area contributed by atoms with E-state index >= 15 is 0 Å². The number of esters is 1. The van der Waals surface area contributed by atoms with Crippen LogP contribution in [0.1, 0.15) is 21.7 Å². The van der Waals surface area contributed by atoms with Crippen molar-refractivity contribution in [1.29, 1.82) is 0 Å². The highest BCUT2D eigenvalue weighted by Crippen LogP contribution is 2.19. The summed E-state index contributed by atoms with van der Waals surface area (Å²) in [5.74, 6) is -1.18. The Kier molecular flexibility index (Phi) is 6.85. The number of carbonyl (C=O) groups is 3. The van der Waals surface area contributed by atoms with Gasteiger partial charge in [-0.3, -0.25) is 19.7 Å². The molecule has 0 fully saturated rings. The van der Waals surface area contributed by atoms with Gasteiger partial charge in [0.1, 0.15) is 5.76 Å². The van der Waals surface area contributed by atoms with Gasteiger partial charge in [0, 0.05) is 18.7 Å². The Balaban J connectivity index is 1.80. The van der Waals surface area contributed by atoms with Crippen LogP contribution in [0.15, 0.2) is 41.0 Å². The highest BCUT2D eigenvalue weighted by molar-refractivity contribution is 5.92. The van der Waals surface area contributed by atoms with Gasteiger partial charge in [-0.1, -0.05) is 0 Å². The fourth-order valence-corrected chi connectivity index (χ4v) is 2.27. The summed E-state index contributed by atoms with van der Waals surface area (Å²) in [4.78, 5) is 47.2. The van der Waals surface area contributed by atoms with Crippen molar-refractivity contribution < 1.29 is 28.5 Å². The van der Waals surface area contributed by atoms with Crippen molar-refractivity contribution in [3.05, 3.63) is 63.6 Å². The lowest BCUT2D eigenvalue weighted by Crippen LogP contribution is -2.39. The van der Waals surface area contributed by atoms with Crippen LogP contribution in [0.5, 0.6) is 0 Å². The van der Waals surface area contributed by atoms with Gasteiger partial charge in [0.05, 0.1) is 29.8 Å². The van der Waals surface area contributed by atoms with E-state index in [9.17, 15) is 24.5 Å². The van der Waals surface area contributed by atoms with E-state index in [1.165, 1.54) is 38.4 Å². The molecule has 1 aromatic heterocycles. The molecular weight excluding hydrogens is 370 g/mol. The zero-order chi connectivity index (χ0) is 20.7. The summed E-state index contributed by atoms with van der Waals surface area (Å²) in [5.41, 5.74) is 0.277. The smallest absolute Gasteiger partial charge is 0.338 e. The molecule has 0 aliphatic heterocycles. The number of carbonyl (C=O) groups excluding carboxylic acids is 3. The van der Waals surface area contributed by atoms with Crippen LogP contribution < -0.4 is 5.32 Å². The molecule has 28 heavy (non-hydrogen) atoms. The monoisotopic (exact) mass is 389 g/mol. The maximum Gasteiger partial charge on any atom is 0.338 e. The van der Waals surface area contributed by atoms with Crippen LogP contribution in [-0.4, -0.2) is 47.8 Å². The largest absolute Gasteiger partial charge is 0.467 e. The third-order valence-electron chi connectivity index (χ3n) is 3.80. The van der Waals surface area contributed by atoms with Crippen LogP contribution in [0.4, 0.5) is 5.69 Å². The third kappa shape index (κ3) is 5.66. The molecular formula is C18H19N3O7. The number of hydrogen-bond donors (Lipinski definition) is 1. The molecule has 0 aliphatic carbocycles. The van der Waals surface area contributed by atoms with Gasteiger partial charge in [-0.25, -0.2) is 4.79 Å².